The quantitative estimate of drug-likeness (QED) is 0.108. The fraction of sp³-hybridized carbons (Fsp3) is 0. The maximum absolute atomic E-state index is 10.8. The van der Waals surface area contributed by atoms with E-state index in [9.17, 15) is 28.8 Å². The average Bonchev–Trinajstić information content (AvgIpc) is 3.18. The van der Waals surface area contributed by atoms with Crippen molar-refractivity contribution in [1.29, 1.82) is 0 Å². The number of pyridine rings is 6. The third-order valence-corrected chi connectivity index (χ3v) is 6.83. The standard InChI is InChI=1S/3C12H8N2O4.Ru/c3*15-11(16)7-1-3-13-9(5-7)10-6-8(12(17)18)2-4-14-10;/h3*1-6H,(H,15,16)(H,17,18);. The van der Waals surface area contributed by atoms with Gasteiger partial charge in [-0.1, -0.05) is 0 Å². The molecule has 6 rings (SSSR count). The second-order valence-electron chi connectivity index (χ2n) is 10.4. The fourth-order valence-corrected chi connectivity index (χ4v) is 4.22. The molecule has 0 aliphatic carbocycles. The molecule has 0 amide bonds. The Kier molecular flexibility index (Phi) is 14.6. The Morgan fingerprint density at radius 1 is 0.291 bits per heavy atom. The van der Waals surface area contributed by atoms with E-state index in [-0.39, 0.29) is 52.9 Å². The molecule has 0 aromatic carbocycles. The van der Waals surface area contributed by atoms with Crippen LogP contribution in [-0.2, 0) is 19.5 Å². The maximum atomic E-state index is 10.8. The van der Waals surface area contributed by atoms with Crippen LogP contribution in [0.4, 0.5) is 0 Å². The Balaban J connectivity index is 0.000000220. The van der Waals surface area contributed by atoms with Gasteiger partial charge in [-0.3, -0.25) is 29.9 Å². The first-order valence-electron chi connectivity index (χ1n) is 14.9. The number of hydrogen-bond donors (Lipinski definition) is 6. The minimum atomic E-state index is -1.08. The summed E-state index contributed by atoms with van der Waals surface area (Å²) in [5.74, 6) is -6.46. The molecule has 0 saturated heterocycles. The number of carboxylic acid groups (broad SMARTS) is 6. The molecule has 6 heterocycles. The second kappa shape index (κ2) is 19.3. The molecule has 0 aliphatic heterocycles. The van der Waals surface area contributed by atoms with Gasteiger partial charge in [-0.2, -0.15) is 0 Å². The molecule has 6 N–H and O–H groups in total. The van der Waals surface area contributed by atoms with Crippen LogP contribution in [0.25, 0.3) is 34.2 Å². The van der Waals surface area contributed by atoms with Crippen molar-refractivity contribution in [2.45, 2.75) is 0 Å². The molecule has 6 aromatic rings. The van der Waals surface area contributed by atoms with Gasteiger partial charge < -0.3 is 30.6 Å². The minimum absolute atomic E-state index is 0. The third kappa shape index (κ3) is 11.7. The zero-order valence-corrected chi connectivity index (χ0v) is 29.3. The SMILES string of the molecule is O=C(O)c1ccnc(-c2cc(C(=O)O)ccn2)c1.O=C(O)c1ccnc(-c2cc(C(=O)O)ccn2)c1.O=C(O)c1ccnc(-c2cc(C(=O)O)ccn2)c1.[Ru]. The van der Waals surface area contributed by atoms with Crippen molar-refractivity contribution < 1.29 is 78.9 Å². The maximum Gasteiger partial charge on any atom is 0.335 e. The van der Waals surface area contributed by atoms with Crippen molar-refractivity contribution in [3.8, 4) is 34.2 Å². The summed E-state index contributed by atoms with van der Waals surface area (Å²) in [5, 5.41) is 53.1. The first-order valence-corrected chi connectivity index (χ1v) is 14.9. The smallest absolute Gasteiger partial charge is 0.335 e. The van der Waals surface area contributed by atoms with E-state index in [0.29, 0.717) is 34.2 Å². The predicted molar refractivity (Wildman–Crippen MR) is 184 cm³/mol. The monoisotopic (exact) mass is 834 g/mol. The van der Waals surface area contributed by atoms with Crippen LogP contribution in [0.2, 0.25) is 0 Å². The molecule has 6 aromatic heterocycles. The summed E-state index contributed by atoms with van der Waals surface area (Å²) in [4.78, 5) is 88.7. The van der Waals surface area contributed by atoms with Crippen molar-refractivity contribution in [1.82, 2.24) is 29.9 Å². The van der Waals surface area contributed by atoms with Crippen LogP contribution in [0.3, 0.4) is 0 Å². The van der Waals surface area contributed by atoms with E-state index in [2.05, 4.69) is 29.9 Å². The molecular formula is C36H24N6O12Ru. The van der Waals surface area contributed by atoms with Crippen LogP contribution in [0.1, 0.15) is 62.1 Å². The molecule has 0 radical (unpaired) electrons. The van der Waals surface area contributed by atoms with Gasteiger partial charge in [0, 0.05) is 56.7 Å². The Morgan fingerprint density at radius 2 is 0.418 bits per heavy atom. The van der Waals surface area contributed by atoms with Gasteiger partial charge in [0.15, 0.2) is 0 Å². The normalized spacial score (nSPS) is 9.82. The summed E-state index contributed by atoms with van der Waals surface area (Å²) < 4.78 is 0. The van der Waals surface area contributed by atoms with Gasteiger partial charge in [0.1, 0.15) is 0 Å². The van der Waals surface area contributed by atoms with Crippen LogP contribution in [0.5, 0.6) is 0 Å². The van der Waals surface area contributed by atoms with E-state index in [1.807, 2.05) is 0 Å². The van der Waals surface area contributed by atoms with Crippen molar-refractivity contribution in [2.24, 2.45) is 0 Å². The number of aromatic carboxylic acids is 6. The van der Waals surface area contributed by atoms with Gasteiger partial charge in [0.25, 0.3) is 0 Å². The summed E-state index contributed by atoms with van der Waals surface area (Å²) in [5.41, 5.74) is 2.34. The molecule has 0 saturated carbocycles. The van der Waals surface area contributed by atoms with Gasteiger partial charge in [-0.25, -0.2) is 28.8 Å². The van der Waals surface area contributed by atoms with Gasteiger partial charge in [-0.05, 0) is 72.8 Å². The molecule has 278 valence electrons. The van der Waals surface area contributed by atoms with Crippen LogP contribution >= 0.6 is 0 Å². The molecule has 55 heavy (non-hydrogen) atoms. The molecular weight excluding hydrogens is 809 g/mol. The van der Waals surface area contributed by atoms with Gasteiger partial charge in [0.2, 0.25) is 0 Å². The molecule has 0 aliphatic rings. The van der Waals surface area contributed by atoms with E-state index in [4.69, 9.17) is 30.6 Å². The molecule has 0 atom stereocenters. The van der Waals surface area contributed by atoms with Crippen molar-refractivity contribution in [3.63, 3.8) is 0 Å². The summed E-state index contributed by atoms with van der Waals surface area (Å²) in [7, 11) is 0. The second-order valence-corrected chi connectivity index (χ2v) is 10.4. The van der Waals surface area contributed by atoms with E-state index in [1.165, 1.54) is 110 Å². The number of carbonyl (C=O) groups is 6. The molecule has 0 spiro atoms. The van der Waals surface area contributed by atoms with Crippen LogP contribution in [0.15, 0.2) is 110 Å². The molecule has 18 nitrogen and oxygen atoms in total. The number of hydrogen-bond acceptors (Lipinski definition) is 12. The van der Waals surface area contributed by atoms with Gasteiger partial charge in [0.05, 0.1) is 67.5 Å². The Morgan fingerprint density at radius 3 is 0.527 bits per heavy atom. The van der Waals surface area contributed by atoms with E-state index in [1.54, 1.807) is 0 Å². The van der Waals surface area contributed by atoms with Crippen molar-refractivity contribution in [3.05, 3.63) is 143 Å². The molecule has 0 unspecified atom stereocenters. The van der Waals surface area contributed by atoms with E-state index in [0.717, 1.165) is 0 Å². The number of carboxylic acids is 6. The summed E-state index contributed by atoms with van der Waals surface area (Å²) in [6.45, 7) is 0. The zero-order valence-electron chi connectivity index (χ0n) is 27.6. The largest absolute Gasteiger partial charge is 0.478 e. The Labute approximate surface area is 321 Å². The van der Waals surface area contributed by atoms with Gasteiger partial charge in [-0.15, -0.1) is 0 Å². The summed E-state index contributed by atoms with van der Waals surface area (Å²) in [6, 6.07) is 16.2. The number of aromatic nitrogens is 6. The first-order chi connectivity index (χ1) is 25.7. The molecule has 0 bridgehead atoms. The summed E-state index contributed by atoms with van der Waals surface area (Å²) in [6.07, 6.45) is 8.05. The van der Waals surface area contributed by atoms with Gasteiger partial charge >= 0.3 is 35.8 Å². The minimum Gasteiger partial charge on any atom is -0.478 e. The molecule has 0 fully saturated rings. The van der Waals surface area contributed by atoms with Crippen LogP contribution in [-0.4, -0.2) is 96.4 Å². The predicted octanol–water partition coefficient (Wildman–Crippen LogP) is 4.62. The Hall–Kier alpha value is -7.66. The van der Waals surface area contributed by atoms with Crippen LogP contribution < -0.4 is 0 Å². The summed E-state index contributed by atoms with van der Waals surface area (Å²) >= 11 is 0. The van der Waals surface area contributed by atoms with E-state index >= 15 is 0 Å². The topological polar surface area (TPSA) is 301 Å². The average molecular weight is 834 g/mol. The zero-order chi connectivity index (χ0) is 39.4. The number of nitrogens with zero attached hydrogens (tertiary/aromatic N) is 6. The van der Waals surface area contributed by atoms with Crippen LogP contribution in [0, 0.1) is 0 Å². The first kappa shape index (κ1) is 41.8. The van der Waals surface area contributed by atoms with Crippen molar-refractivity contribution >= 4 is 35.8 Å². The Bertz CT molecular complexity index is 1980. The molecule has 19 heteroatoms. The van der Waals surface area contributed by atoms with E-state index < -0.39 is 35.8 Å². The van der Waals surface area contributed by atoms with Crippen molar-refractivity contribution in [2.75, 3.05) is 0 Å². The number of rotatable bonds is 9. The third-order valence-electron chi connectivity index (χ3n) is 6.83. The fourth-order valence-electron chi connectivity index (χ4n) is 4.22.